The molecule has 0 atom stereocenters. The van der Waals surface area contributed by atoms with Gasteiger partial charge in [0.15, 0.2) is 0 Å². The number of hydrogen-bond acceptors (Lipinski definition) is 2. The lowest BCUT2D eigenvalue weighted by Crippen LogP contribution is -2.41. The summed E-state index contributed by atoms with van der Waals surface area (Å²) in [4.78, 5) is 13.4. The van der Waals surface area contributed by atoms with Crippen LogP contribution in [0.15, 0.2) is 0 Å². The Morgan fingerprint density at radius 2 is 1.78 bits per heavy atom. The highest BCUT2D eigenvalue weighted by Crippen LogP contribution is 2.14. The van der Waals surface area contributed by atoms with E-state index in [4.69, 9.17) is 0 Å². The third-order valence-corrected chi connectivity index (χ3v) is 2.68. The van der Waals surface area contributed by atoms with Gasteiger partial charge in [-0.05, 0) is 12.8 Å². The number of rotatable bonds is 4. The molecule has 0 spiro atoms. The number of urea groups is 1. The van der Waals surface area contributed by atoms with Crippen molar-refractivity contribution in [3.8, 4) is 0 Å². The number of nitrogens with zero attached hydrogens (tertiary/aromatic N) is 1. The van der Waals surface area contributed by atoms with Gasteiger partial charge in [0.05, 0.1) is 6.61 Å². The van der Waals surface area contributed by atoms with Crippen LogP contribution in [0.2, 0.25) is 0 Å². The van der Waals surface area contributed by atoms with Crippen molar-refractivity contribution in [1.82, 2.24) is 10.2 Å². The summed E-state index contributed by atoms with van der Waals surface area (Å²) in [6, 6.07) is -0.215. The number of carbonyl (C=O) groups excluding carboxylic acids is 1. The number of hydrogen-bond donors (Lipinski definition) is 1. The van der Waals surface area contributed by atoms with E-state index in [0.717, 1.165) is 38.8 Å². The molecule has 0 unspecified atom stereocenters. The van der Waals surface area contributed by atoms with Crippen molar-refractivity contribution in [2.24, 2.45) is 0 Å². The summed E-state index contributed by atoms with van der Waals surface area (Å²) in [6.45, 7) is 0.140. The zero-order chi connectivity index (χ0) is 13.4. The molecule has 2 amide bonds. The molecule has 0 bridgehead atoms. The van der Waals surface area contributed by atoms with E-state index in [1.807, 2.05) is 0 Å². The first kappa shape index (κ1) is 15.1. The topological polar surface area (TPSA) is 41.6 Å². The Labute approximate surface area is 104 Å². The van der Waals surface area contributed by atoms with E-state index in [1.165, 1.54) is 0 Å². The number of nitrogens with one attached hydrogen (secondary N) is 1. The molecule has 1 N–H and O–H groups in total. The summed E-state index contributed by atoms with van der Waals surface area (Å²) in [5.41, 5.74) is 0. The predicted molar refractivity (Wildman–Crippen MR) is 60.3 cm³/mol. The van der Waals surface area contributed by atoms with Crippen molar-refractivity contribution >= 4 is 6.03 Å². The molecule has 4 nitrogen and oxygen atoms in total. The van der Waals surface area contributed by atoms with Crippen molar-refractivity contribution in [2.45, 2.75) is 31.9 Å². The van der Waals surface area contributed by atoms with Crippen LogP contribution in [0.4, 0.5) is 18.0 Å². The molecule has 1 saturated heterocycles. The van der Waals surface area contributed by atoms with Crippen LogP contribution in [0.25, 0.3) is 0 Å². The van der Waals surface area contributed by atoms with Gasteiger partial charge in [0.25, 0.3) is 0 Å². The second-order valence-corrected chi connectivity index (χ2v) is 4.30. The van der Waals surface area contributed by atoms with Crippen molar-refractivity contribution < 1.29 is 22.7 Å². The quantitative estimate of drug-likeness (QED) is 0.794. The molecule has 1 heterocycles. The number of carbonyl (C=O) groups is 1. The summed E-state index contributed by atoms with van der Waals surface area (Å²) in [5, 5.41) is 2.56. The number of amides is 2. The monoisotopic (exact) mass is 268 g/mol. The third-order valence-electron chi connectivity index (χ3n) is 2.68. The van der Waals surface area contributed by atoms with E-state index in [1.54, 1.807) is 4.90 Å². The average Bonchev–Trinajstić information content (AvgIpc) is 2.55. The van der Waals surface area contributed by atoms with Crippen LogP contribution < -0.4 is 5.32 Å². The second-order valence-electron chi connectivity index (χ2n) is 4.30. The molecular weight excluding hydrogens is 249 g/mol. The molecule has 106 valence electrons. The number of ether oxygens (including phenoxy) is 1. The van der Waals surface area contributed by atoms with Crippen LogP contribution in [0.3, 0.4) is 0 Å². The van der Waals surface area contributed by atoms with Gasteiger partial charge in [-0.1, -0.05) is 12.8 Å². The van der Waals surface area contributed by atoms with Gasteiger partial charge in [0, 0.05) is 19.6 Å². The Morgan fingerprint density at radius 1 is 1.17 bits per heavy atom. The van der Waals surface area contributed by atoms with Crippen molar-refractivity contribution in [2.75, 3.05) is 32.8 Å². The lowest BCUT2D eigenvalue weighted by atomic mass is 10.2. The summed E-state index contributed by atoms with van der Waals surface area (Å²) in [5.74, 6) is 0. The fraction of sp³-hybridized carbons (Fsp3) is 0.909. The molecule has 0 saturated carbocycles. The molecule has 0 aromatic carbocycles. The Balaban J connectivity index is 2.09. The first-order chi connectivity index (χ1) is 8.49. The molecule has 7 heteroatoms. The van der Waals surface area contributed by atoms with E-state index < -0.39 is 12.8 Å². The standard InChI is InChI=1S/C11H19F3N2O2/c12-11(13,14)9-18-8-5-15-10(17)16-6-3-1-2-4-7-16/h1-9H2,(H,15,17). The Morgan fingerprint density at radius 3 is 2.33 bits per heavy atom. The highest BCUT2D eigenvalue weighted by molar-refractivity contribution is 5.74. The Hall–Kier alpha value is -0.980. The van der Waals surface area contributed by atoms with Crippen molar-refractivity contribution in [1.29, 1.82) is 0 Å². The summed E-state index contributed by atoms with van der Waals surface area (Å²) < 4.78 is 39.7. The van der Waals surface area contributed by atoms with Crippen molar-refractivity contribution in [3.05, 3.63) is 0 Å². The minimum atomic E-state index is -4.31. The van der Waals surface area contributed by atoms with E-state index >= 15 is 0 Å². The SMILES string of the molecule is O=C(NCCOCC(F)(F)F)N1CCCCCC1. The summed E-state index contributed by atoms with van der Waals surface area (Å²) in [7, 11) is 0. The first-order valence-electron chi connectivity index (χ1n) is 6.16. The molecule has 1 aliphatic heterocycles. The second kappa shape index (κ2) is 7.45. The van der Waals surface area contributed by atoms with Gasteiger partial charge < -0.3 is 15.0 Å². The number of alkyl halides is 3. The predicted octanol–water partition coefficient (Wildman–Crippen LogP) is 2.15. The van der Waals surface area contributed by atoms with E-state index in [-0.39, 0.29) is 19.2 Å². The lowest BCUT2D eigenvalue weighted by molar-refractivity contribution is -0.173. The highest BCUT2D eigenvalue weighted by atomic mass is 19.4. The largest absolute Gasteiger partial charge is 0.411 e. The summed E-state index contributed by atoms with van der Waals surface area (Å²) >= 11 is 0. The van der Waals surface area contributed by atoms with Crippen LogP contribution in [-0.2, 0) is 4.74 Å². The highest BCUT2D eigenvalue weighted by Gasteiger charge is 2.27. The molecule has 0 aliphatic carbocycles. The van der Waals surface area contributed by atoms with E-state index in [9.17, 15) is 18.0 Å². The molecule has 1 aliphatic rings. The molecule has 1 fully saturated rings. The van der Waals surface area contributed by atoms with Crippen LogP contribution in [0, 0.1) is 0 Å². The molecule has 18 heavy (non-hydrogen) atoms. The maximum absolute atomic E-state index is 11.8. The number of likely N-dealkylation sites (tertiary alicyclic amines) is 1. The van der Waals surface area contributed by atoms with Crippen LogP contribution in [0.5, 0.6) is 0 Å². The van der Waals surface area contributed by atoms with Gasteiger partial charge in [-0.25, -0.2) is 4.79 Å². The van der Waals surface area contributed by atoms with Gasteiger partial charge >= 0.3 is 12.2 Å². The molecular formula is C11H19F3N2O2. The Kier molecular flexibility index (Phi) is 6.24. The molecule has 1 rings (SSSR count). The molecule has 0 aromatic rings. The molecule has 0 aromatic heterocycles. The van der Waals surface area contributed by atoms with Gasteiger partial charge in [-0.2, -0.15) is 13.2 Å². The minimum Gasteiger partial charge on any atom is -0.370 e. The van der Waals surface area contributed by atoms with Crippen LogP contribution in [0.1, 0.15) is 25.7 Å². The average molecular weight is 268 g/mol. The fourth-order valence-corrected chi connectivity index (χ4v) is 1.80. The maximum atomic E-state index is 11.8. The van der Waals surface area contributed by atoms with E-state index in [2.05, 4.69) is 10.1 Å². The van der Waals surface area contributed by atoms with Crippen LogP contribution >= 0.6 is 0 Å². The number of halogens is 3. The van der Waals surface area contributed by atoms with Gasteiger partial charge in [0.2, 0.25) is 0 Å². The van der Waals surface area contributed by atoms with Crippen LogP contribution in [-0.4, -0.2) is 50.0 Å². The van der Waals surface area contributed by atoms with Crippen molar-refractivity contribution in [3.63, 3.8) is 0 Å². The fourth-order valence-electron chi connectivity index (χ4n) is 1.80. The van der Waals surface area contributed by atoms with E-state index in [0.29, 0.717) is 0 Å². The Bertz CT molecular complexity index is 251. The smallest absolute Gasteiger partial charge is 0.370 e. The van der Waals surface area contributed by atoms with Gasteiger partial charge in [-0.3, -0.25) is 0 Å². The first-order valence-corrected chi connectivity index (χ1v) is 6.16. The minimum absolute atomic E-state index is 0.103. The maximum Gasteiger partial charge on any atom is 0.411 e. The zero-order valence-electron chi connectivity index (χ0n) is 10.3. The zero-order valence-corrected chi connectivity index (χ0v) is 10.3. The lowest BCUT2D eigenvalue weighted by Gasteiger charge is -2.20. The van der Waals surface area contributed by atoms with Gasteiger partial charge in [-0.15, -0.1) is 0 Å². The van der Waals surface area contributed by atoms with Gasteiger partial charge in [0.1, 0.15) is 6.61 Å². The normalized spacial score (nSPS) is 17.4. The molecule has 0 radical (unpaired) electrons. The third kappa shape index (κ3) is 6.68. The summed E-state index contributed by atoms with van der Waals surface area (Å²) in [6.07, 6.45) is -0.0955.